The van der Waals surface area contributed by atoms with Gasteiger partial charge in [-0.05, 0) is 45.8 Å². The summed E-state index contributed by atoms with van der Waals surface area (Å²) in [5.41, 5.74) is 1.16. The molecule has 0 unspecified atom stereocenters. The van der Waals surface area contributed by atoms with Crippen molar-refractivity contribution in [2.24, 2.45) is 0 Å². The van der Waals surface area contributed by atoms with E-state index in [0.717, 1.165) is 0 Å². The van der Waals surface area contributed by atoms with E-state index < -0.39 is 12.0 Å². The Balaban J connectivity index is 2.23. The second-order valence-electron chi connectivity index (χ2n) is 4.88. The van der Waals surface area contributed by atoms with Crippen LogP contribution in [0.3, 0.4) is 0 Å². The highest BCUT2D eigenvalue weighted by molar-refractivity contribution is 9.10. The minimum atomic E-state index is -0.988. The van der Waals surface area contributed by atoms with Gasteiger partial charge in [0, 0.05) is 4.47 Å². The van der Waals surface area contributed by atoms with Gasteiger partial charge in [-0.1, -0.05) is 24.3 Å². The number of amides is 1. The number of halogens is 1. The van der Waals surface area contributed by atoms with Crippen LogP contribution in [-0.2, 0) is 4.79 Å². The normalized spacial score (nSPS) is 11.6. The van der Waals surface area contributed by atoms with Gasteiger partial charge in [0.15, 0.2) is 0 Å². The topological polar surface area (TPSA) is 75.6 Å². The molecule has 2 aromatic rings. The van der Waals surface area contributed by atoms with E-state index in [1.165, 1.54) is 0 Å². The first-order chi connectivity index (χ1) is 11.0. The van der Waals surface area contributed by atoms with E-state index in [-0.39, 0.29) is 12.3 Å². The third-order valence-corrected chi connectivity index (χ3v) is 4.01. The van der Waals surface area contributed by atoms with Gasteiger partial charge in [-0.25, -0.2) is 0 Å². The molecule has 0 aliphatic heterocycles. The molecule has 0 aliphatic carbocycles. The van der Waals surface area contributed by atoms with E-state index in [1.54, 1.807) is 55.6 Å². The van der Waals surface area contributed by atoms with Gasteiger partial charge in [0.2, 0.25) is 0 Å². The zero-order valence-corrected chi connectivity index (χ0v) is 14.0. The van der Waals surface area contributed by atoms with E-state index in [0.29, 0.717) is 21.3 Å². The van der Waals surface area contributed by atoms with Crippen LogP contribution in [0, 0.1) is 0 Å². The Morgan fingerprint density at radius 1 is 1.17 bits per heavy atom. The molecule has 0 fully saturated rings. The van der Waals surface area contributed by atoms with Crippen LogP contribution in [0.5, 0.6) is 5.75 Å². The Morgan fingerprint density at radius 2 is 1.83 bits per heavy atom. The number of carboxylic acids is 1. The number of rotatable bonds is 6. The lowest BCUT2D eigenvalue weighted by Crippen LogP contribution is -2.30. The highest BCUT2D eigenvalue weighted by atomic mass is 79.9. The average molecular weight is 378 g/mol. The van der Waals surface area contributed by atoms with Crippen LogP contribution < -0.4 is 10.1 Å². The molecule has 5 nitrogen and oxygen atoms in total. The lowest BCUT2D eigenvalue weighted by atomic mass is 10.0. The molecule has 2 N–H and O–H groups in total. The Hall–Kier alpha value is -2.34. The molecule has 0 heterocycles. The van der Waals surface area contributed by atoms with Gasteiger partial charge >= 0.3 is 5.97 Å². The summed E-state index contributed by atoms with van der Waals surface area (Å²) in [6.45, 7) is 0. The quantitative estimate of drug-likeness (QED) is 0.808. The first-order valence-electron chi connectivity index (χ1n) is 6.92. The monoisotopic (exact) mass is 377 g/mol. The molecule has 2 aromatic carbocycles. The fourth-order valence-corrected chi connectivity index (χ4v) is 2.61. The smallest absolute Gasteiger partial charge is 0.305 e. The Bertz CT molecular complexity index is 700. The third-order valence-electron chi connectivity index (χ3n) is 3.32. The summed E-state index contributed by atoms with van der Waals surface area (Å²) in [5, 5.41) is 11.9. The van der Waals surface area contributed by atoms with Crippen molar-refractivity contribution in [2.75, 3.05) is 7.11 Å². The van der Waals surface area contributed by atoms with Crippen molar-refractivity contribution in [3.63, 3.8) is 0 Å². The van der Waals surface area contributed by atoms with E-state index >= 15 is 0 Å². The van der Waals surface area contributed by atoms with Crippen LogP contribution >= 0.6 is 15.9 Å². The molecule has 6 heteroatoms. The zero-order chi connectivity index (χ0) is 16.8. The maximum Gasteiger partial charge on any atom is 0.305 e. The highest BCUT2D eigenvalue weighted by Crippen LogP contribution is 2.22. The molecule has 0 saturated heterocycles. The SMILES string of the molecule is COc1ccc([C@H](CC(=O)O)NC(=O)c2ccccc2Br)cc1. The fraction of sp³-hybridized carbons (Fsp3) is 0.176. The Morgan fingerprint density at radius 3 is 2.39 bits per heavy atom. The van der Waals surface area contributed by atoms with Crippen LogP contribution in [0.15, 0.2) is 53.0 Å². The van der Waals surface area contributed by atoms with Crippen LogP contribution in [0.1, 0.15) is 28.4 Å². The maximum absolute atomic E-state index is 12.4. The van der Waals surface area contributed by atoms with Gasteiger partial charge in [-0.3, -0.25) is 9.59 Å². The summed E-state index contributed by atoms with van der Waals surface area (Å²) >= 11 is 3.32. The fourth-order valence-electron chi connectivity index (χ4n) is 2.14. The number of carbonyl (C=O) groups excluding carboxylic acids is 1. The van der Waals surface area contributed by atoms with E-state index in [4.69, 9.17) is 9.84 Å². The van der Waals surface area contributed by atoms with Gasteiger partial charge in [0.1, 0.15) is 5.75 Å². The van der Waals surface area contributed by atoms with Crippen molar-refractivity contribution in [1.29, 1.82) is 0 Å². The van der Waals surface area contributed by atoms with Crippen LogP contribution in [-0.4, -0.2) is 24.1 Å². The summed E-state index contributed by atoms with van der Waals surface area (Å²) in [5.74, 6) is -0.655. The van der Waals surface area contributed by atoms with Crippen molar-refractivity contribution in [3.05, 3.63) is 64.1 Å². The molecule has 0 aromatic heterocycles. The third kappa shape index (κ3) is 4.56. The summed E-state index contributed by atoms with van der Waals surface area (Å²) in [6, 6.07) is 13.3. The van der Waals surface area contributed by atoms with Gasteiger partial charge in [-0.15, -0.1) is 0 Å². The number of hydrogen-bond acceptors (Lipinski definition) is 3. The standard InChI is InChI=1S/C17H16BrNO4/c1-23-12-8-6-11(7-9-12)15(10-16(20)21)19-17(22)13-4-2-3-5-14(13)18/h2-9,15H,10H2,1H3,(H,19,22)(H,20,21)/t15-/m0/s1. The lowest BCUT2D eigenvalue weighted by Gasteiger charge is -2.18. The number of hydrogen-bond donors (Lipinski definition) is 2. The summed E-state index contributed by atoms with van der Waals surface area (Å²) in [6.07, 6.45) is -0.206. The number of methoxy groups -OCH3 is 1. The molecule has 0 spiro atoms. The summed E-state index contributed by atoms with van der Waals surface area (Å²) < 4.78 is 5.74. The summed E-state index contributed by atoms with van der Waals surface area (Å²) in [4.78, 5) is 23.5. The minimum absolute atomic E-state index is 0.206. The van der Waals surface area contributed by atoms with Crippen molar-refractivity contribution >= 4 is 27.8 Å². The first-order valence-corrected chi connectivity index (χ1v) is 7.71. The minimum Gasteiger partial charge on any atom is -0.497 e. The number of ether oxygens (including phenoxy) is 1. The predicted octanol–water partition coefficient (Wildman–Crippen LogP) is 3.40. The molecule has 0 radical (unpaired) electrons. The second-order valence-corrected chi connectivity index (χ2v) is 5.73. The Kier molecular flexibility index (Phi) is 5.76. The zero-order valence-electron chi connectivity index (χ0n) is 12.5. The van der Waals surface area contributed by atoms with E-state index in [1.807, 2.05) is 0 Å². The largest absolute Gasteiger partial charge is 0.497 e. The van der Waals surface area contributed by atoms with Crippen molar-refractivity contribution < 1.29 is 19.4 Å². The van der Waals surface area contributed by atoms with Crippen molar-refractivity contribution in [3.8, 4) is 5.75 Å². The van der Waals surface area contributed by atoms with E-state index in [9.17, 15) is 9.59 Å². The van der Waals surface area contributed by atoms with Crippen LogP contribution in [0.25, 0.3) is 0 Å². The Labute approximate surface area is 142 Å². The molecule has 2 rings (SSSR count). The van der Waals surface area contributed by atoms with Crippen molar-refractivity contribution in [2.45, 2.75) is 12.5 Å². The first kappa shape index (κ1) is 17.0. The van der Waals surface area contributed by atoms with Gasteiger partial charge in [0.25, 0.3) is 5.91 Å². The maximum atomic E-state index is 12.4. The molecule has 1 amide bonds. The molecule has 120 valence electrons. The average Bonchev–Trinajstić information content (AvgIpc) is 2.54. The number of carbonyl (C=O) groups is 2. The number of benzene rings is 2. The molecular weight excluding hydrogens is 362 g/mol. The van der Waals surface area contributed by atoms with Gasteiger partial charge in [0.05, 0.1) is 25.1 Å². The number of aliphatic carboxylic acids is 1. The number of nitrogens with one attached hydrogen (secondary N) is 1. The van der Waals surface area contributed by atoms with Gasteiger partial charge in [-0.2, -0.15) is 0 Å². The molecule has 23 heavy (non-hydrogen) atoms. The second kappa shape index (κ2) is 7.78. The number of carboxylic acid groups (broad SMARTS) is 1. The predicted molar refractivity (Wildman–Crippen MR) is 89.6 cm³/mol. The lowest BCUT2D eigenvalue weighted by molar-refractivity contribution is -0.137. The van der Waals surface area contributed by atoms with Crippen LogP contribution in [0.2, 0.25) is 0 Å². The highest BCUT2D eigenvalue weighted by Gasteiger charge is 2.20. The summed E-state index contributed by atoms with van der Waals surface area (Å²) in [7, 11) is 1.55. The van der Waals surface area contributed by atoms with Gasteiger partial charge < -0.3 is 15.2 Å². The van der Waals surface area contributed by atoms with Crippen LogP contribution in [0.4, 0.5) is 0 Å². The molecule has 0 saturated carbocycles. The van der Waals surface area contributed by atoms with E-state index in [2.05, 4.69) is 21.2 Å². The molecule has 0 aliphatic rings. The molecular formula is C17H16BrNO4. The molecule has 1 atom stereocenters. The van der Waals surface area contributed by atoms with Crippen molar-refractivity contribution in [1.82, 2.24) is 5.32 Å². The molecule has 0 bridgehead atoms.